The van der Waals surface area contributed by atoms with Crippen LogP contribution in [0.15, 0.2) is 42.5 Å². The number of nitrogens with zero attached hydrogens (tertiary/aromatic N) is 1. The fraction of sp³-hybridized carbons (Fsp3) is 0.407. The van der Waals surface area contributed by atoms with Gasteiger partial charge in [0.15, 0.2) is 0 Å². The van der Waals surface area contributed by atoms with Gasteiger partial charge in [-0.1, -0.05) is 24.3 Å². The van der Waals surface area contributed by atoms with Crippen LogP contribution in [0.25, 0.3) is 11.1 Å². The number of hydrogen-bond donors (Lipinski definition) is 3. The molecule has 0 aromatic heterocycles. The lowest BCUT2D eigenvalue weighted by atomic mass is 10.0. The third-order valence-electron chi connectivity index (χ3n) is 5.58. The Hall–Kier alpha value is -4.15. The first kappa shape index (κ1) is 28.4. The largest absolute Gasteiger partial charge is 0.444 e. The van der Waals surface area contributed by atoms with Crippen LogP contribution < -0.4 is 20.9 Å². The molecule has 2 aromatic carbocycles. The van der Waals surface area contributed by atoms with Gasteiger partial charge in [0.2, 0.25) is 11.8 Å². The maximum atomic E-state index is 15.0. The number of benzene rings is 2. The smallest absolute Gasteiger partial charge is 0.414 e. The van der Waals surface area contributed by atoms with Crippen molar-refractivity contribution in [1.29, 1.82) is 0 Å². The van der Waals surface area contributed by atoms with Gasteiger partial charge in [-0.25, -0.2) is 14.0 Å². The second kappa shape index (κ2) is 11.9. The van der Waals surface area contributed by atoms with Gasteiger partial charge in [0.05, 0.1) is 18.8 Å². The van der Waals surface area contributed by atoms with Crippen molar-refractivity contribution in [3.05, 3.63) is 53.8 Å². The number of rotatable bonds is 8. The Morgan fingerprint density at radius 3 is 2.42 bits per heavy atom. The lowest BCUT2D eigenvalue weighted by Crippen LogP contribution is -2.46. The molecule has 3 rings (SSSR count). The first-order chi connectivity index (χ1) is 17.8. The average molecular weight is 529 g/mol. The molecule has 0 spiro atoms. The SMILES string of the molecule is CC(=O)NC[C@H]1CN(c2ccc(-c3ccc(CNC(=O)[C@@H](C)NC(=O)OC(C)(C)C)cc3)c(F)c2)C(=O)O1. The molecule has 0 bridgehead atoms. The number of carbonyl (C=O) groups excluding carboxylic acids is 4. The van der Waals surface area contributed by atoms with Gasteiger partial charge < -0.3 is 25.4 Å². The molecule has 1 aliphatic heterocycles. The molecular formula is C27H33FN4O6. The quantitative estimate of drug-likeness (QED) is 0.482. The molecule has 2 aromatic rings. The molecule has 10 nitrogen and oxygen atoms in total. The monoisotopic (exact) mass is 528 g/mol. The summed E-state index contributed by atoms with van der Waals surface area (Å²) in [4.78, 5) is 48.8. The second-order valence-electron chi connectivity index (χ2n) is 10.0. The Morgan fingerprint density at radius 2 is 1.82 bits per heavy atom. The van der Waals surface area contributed by atoms with Gasteiger partial charge in [0.1, 0.15) is 23.6 Å². The molecule has 1 heterocycles. The van der Waals surface area contributed by atoms with E-state index in [-0.39, 0.29) is 31.4 Å². The summed E-state index contributed by atoms with van der Waals surface area (Å²) >= 11 is 0. The predicted octanol–water partition coefficient (Wildman–Crippen LogP) is 3.48. The molecule has 1 aliphatic rings. The van der Waals surface area contributed by atoms with Crippen LogP contribution in [-0.2, 0) is 25.6 Å². The summed E-state index contributed by atoms with van der Waals surface area (Å²) in [5.41, 5.74) is 1.45. The van der Waals surface area contributed by atoms with Crippen molar-refractivity contribution in [3.8, 4) is 11.1 Å². The zero-order valence-corrected chi connectivity index (χ0v) is 22.1. The number of anilines is 1. The summed E-state index contributed by atoms with van der Waals surface area (Å²) < 4.78 is 25.4. The number of carbonyl (C=O) groups is 4. The van der Waals surface area contributed by atoms with Crippen LogP contribution in [0.1, 0.15) is 40.2 Å². The van der Waals surface area contributed by atoms with Crippen LogP contribution >= 0.6 is 0 Å². The fourth-order valence-corrected chi connectivity index (χ4v) is 3.70. The zero-order chi connectivity index (χ0) is 28.0. The molecule has 0 aliphatic carbocycles. The Kier molecular flexibility index (Phi) is 8.92. The van der Waals surface area contributed by atoms with Gasteiger partial charge in [0.25, 0.3) is 0 Å². The number of ether oxygens (including phenoxy) is 2. The number of hydrogen-bond acceptors (Lipinski definition) is 6. The molecule has 2 atom stereocenters. The van der Waals surface area contributed by atoms with Gasteiger partial charge in [-0.2, -0.15) is 0 Å². The van der Waals surface area contributed by atoms with E-state index in [4.69, 9.17) is 9.47 Å². The van der Waals surface area contributed by atoms with Crippen LogP contribution in [0.2, 0.25) is 0 Å². The summed E-state index contributed by atoms with van der Waals surface area (Å²) in [6.45, 7) is 8.73. The number of amides is 4. The van der Waals surface area contributed by atoms with E-state index in [0.29, 0.717) is 16.8 Å². The summed E-state index contributed by atoms with van der Waals surface area (Å²) in [7, 11) is 0. The summed E-state index contributed by atoms with van der Waals surface area (Å²) in [6.07, 6.45) is -1.79. The highest BCUT2D eigenvalue weighted by Crippen LogP contribution is 2.29. The lowest BCUT2D eigenvalue weighted by Gasteiger charge is -2.21. The van der Waals surface area contributed by atoms with Gasteiger partial charge in [-0.3, -0.25) is 14.5 Å². The van der Waals surface area contributed by atoms with Crippen LogP contribution in [0.5, 0.6) is 0 Å². The molecule has 204 valence electrons. The Bertz CT molecular complexity index is 1200. The van der Waals surface area contributed by atoms with Crippen LogP contribution in [0.4, 0.5) is 19.7 Å². The van der Waals surface area contributed by atoms with Gasteiger partial charge in [-0.05, 0) is 57.0 Å². The molecular weight excluding hydrogens is 495 g/mol. The molecule has 38 heavy (non-hydrogen) atoms. The molecule has 1 fully saturated rings. The summed E-state index contributed by atoms with van der Waals surface area (Å²) in [5, 5.41) is 7.83. The molecule has 1 saturated heterocycles. The highest BCUT2D eigenvalue weighted by atomic mass is 19.1. The van der Waals surface area contributed by atoms with E-state index in [2.05, 4.69) is 16.0 Å². The van der Waals surface area contributed by atoms with Gasteiger partial charge in [0, 0.05) is 19.0 Å². The number of cyclic esters (lactones) is 1. The van der Waals surface area contributed by atoms with E-state index < -0.39 is 35.8 Å². The van der Waals surface area contributed by atoms with Crippen molar-refractivity contribution >= 4 is 29.7 Å². The summed E-state index contributed by atoms with van der Waals surface area (Å²) in [6, 6.07) is 10.7. The van der Waals surface area contributed by atoms with Crippen molar-refractivity contribution < 1.29 is 33.0 Å². The molecule has 11 heteroatoms. The van der Waals surface area contributed by atoms with E-state index in [1.54, 1.807) is 64.1 Å². The molecule has 4 amide bonds. The number of halogens is 1. The maximum Gasteiger partial charge on any atom is 0.414 e. The Morgan fingerprint density at radius 1 is 1.13 bits per heavy atom. The van der Waals surface area contributed by atoms with Crippen LogP contribution in [-0.4, -0.2) is 54.8 Å². The first-order valence-corrected chi connectivity index (χ1v) is 12.2. The average Bonchev–Trinajstić information content (AvgIpc) is 3.20. The van der Waals surface area contributed by atoms with E-state index in [0.717, 1.165) is 5.56 Å². The number of alkyl carbamates (subject to hydrolysis) is 1. The van der Waals surface area contributed by atoms with Crippen molar-refractivity contribution in [2.75, 3.05) is 18.0 Å². The van der Waals surface area contributed by atoms with Crippen molar-refractivity contribution in [2.45, 2.75) is 58.9 Å². The van der Waals surface area contributed by atoms with Crippen molar-refractivity contribution in [3.63, 3.8) is 0 Å². The second-order valence-corrected chi connectivity index (χ2v) is 10.0. The summed E-state index contributed by atoms with van der Waals surface area (Å²) in [5.74, 6) is -1.11. The van der Waals surface area contributed by atoms with Gasteiger partial charge >= 0.3 is 12.2 Å². The normalized spacial score (nSPS) is 15.9. The molecule has 0 unspecified atom stereocenters. The van der Waals surface area contributed by atoms with E-state index in [1.807, 2.05) is 0 Å². The standard InChI is InChI=1S/C27H33FN4O6/c1-16(31-25(35)38-27(3,4)5)24(34)30-13-18-6-8-19(9-7-18)22-11-10-20(12-23(22)28)32-15-21(37-26(32)36)14-29-17(2)33/h6-12,16,21H,13-15H2,1-5H3,(H,29,33)(H,30,34)(H,31,35)/t16-,21+/m1/s1. The third kappa shape index (κ3) is 7.92. The fourth-order valence-electron chi connectivity index (χ4n) is 3.70. The first-order valence-electron chi connectivity index (χ1n) is 12.2. The molecule has 0 radical (unpaired) electrons. The maximum absolute atomic E-state index is 15.0. The minimum Gasteiger partial charge on any atom is -0.444 e. The van der Waals surface area contributed by atoms with E-state index in [1.165, 1.54) is 17.9 Å². The third-order valence-corrected chi connectivity index (χ3v) is 5.58. The Labute approximate surface area is 220 Å². The van der Waals surface area contributed by atoms with Crippen LogP contribution in [0, 0.1) is 5.82 Å². The van der Waals surface area contributed by atoms with Crippen molar-refractivity contribution in [1.82, 2.24) is 16.0 Å². The van der Waals surface area contributed by atoms with E-state index >= 15 is 0 Å². The predicted molar refractivity (Wildman–Crippen MR) is 139 cm³/mol. The van der Waals surface area contributed by atoms with E-state index in [9.17, 15) is 23.6 Å². The minimum absolute atomic E-state index is 0.185. The number of nitrogens with one attached hydrogen (secondary N) is 3. The van der Waals surface area contributed by atoms with Gasteiger partial charge in [-0.15, -0.1) is 0 Å². The van der Waals surface area contributed by atoms with Crippen molar-refractivity contribution in [2.24, 2.45) is 0 Å². The topological polar surface area (TPSA) is 126 Å². The minimum atomic E-state index is -0.787. The zero-order valence-electron chi connectivity index (χ0n) is 22.1. The van der Waals surface area contributed by atoms with Crippen LogP contribution in [0.3, 0.4) is 0 Å². The highest BCUT2D eigenvalue weighted by molar-refractivity contribution is 5.90. The molecule has 0 saturated carbocycles. The molecule has 3 N–H and O–H groups in total. The lowest BCUT2D eigenvalue weighted by molar-refractivity contribution is -0.123. The highest BCUT2D eigenvalue weighted by Gasteiger charge is 2.32. The Balaban J connectivity index is 1.56.